The van der Waals surface area contributed by atoms with Gasteiger partial charge in [0.1, 0.15) is 0 Å². The minimum Gasteiger partial charge on any atom is -0.393 e. The Morgan fingerprint density at radius 3 is 2.88 bits per heavy atom. The van der Waals surface area contributed by atoms with Crippen molar-refractivity contribution in [1.29, 1.82) is 0 Å². The average molecular weight is 332 g/mol. The van der Waals surface area contributed by atoms with Crippen molar-refractivity contribution >= 4 is 5.69 Å². The molecule has 1 aliphatic rings. The van der Waals surface area contributed by atoms with Gasteiger partial charge in [-0.05, 0) is 44.9 Å². The van der Waals surface area contributed by atoms with Crippen LogP contribution >= 0.6 is 0 Å². The number of nitrogens with zero attached hydrogens (tertiary/aromatic N) is 4. The van der Waals surface area contributed by atoms with Crippen LogP contribution in [-0.2, 0) is 6.54 Å². The van der Waals surface area contributed by atoms with E-state index in [-0.39, 0.29) is 11.8 Å². The van der Waals surface area contributed by atoms with E-state index in [0.717, 1.165) is 25.8 Å². The highest BCUT2D eigenvalue weighted by Gasteiger charge is 2.27. The molecule has 1 aromatic carbocycles. The molecule has 0 radical (unpaired) electrons. The second-order valence-corrected chi connectivity index (χ2v) is 6.17. The number of hydrogen-bond acceptors (Lipinski definition) is 7. The third kappa shape index (κ3) is 3.77. The number of non-ortho nitro benzene ring substituents is 1. The van der Waals surface area contributed by atoms with Gasteiger partial charge in [-0.1, -0.05) is 5.16 Å². The molecule has 1 saturated heterocycles. The van der Waals surface area contributed by atoms with Gasteiger partial charge in [0.15, 0.2) is 0 Å². The van der Waals surface area contributed by atoms with Gasteiger partial charge in [-0.2, -0.15) is 4.98 Å². The van der Waals surface area contributed by atoms with E-state index in [1.807, 2.05) is 0 Å². The third-order valence-electron chi connectivity index (χ3n) is 4.26. The molecular weight excluding hydrogens is 312 g/mol. The van der Waals surface area contributed by atoms with Crippen molar-refractivity contribution < 1.29 is 14.6 Å². The van der Waals surface area contributed by atoms with E-state index in [1.54, 1.807) is 19.1 Å². The SMILES string of the molecule is CC(O)CC1CCCN1Cc1nc(-c2ccc([N+](=O)[O-])cc2)no1. The zero-order valence-electron chi connectivity index (χ0n) is 13.5. The number of likely N-dealkylation sites (tertiary alicyclic amines) is 1. The number of aromatic nitrogens is 2. The molecule has 1 N–H and O–H groups in total. The number of benzene rings is 1. The maximum absolute atomic E-state index is 10.7. The second kappa shape index (κ2) is 7.06. The third-order valence-corrected chi connectivity index (χ3v) is 4.26. The van der Waals surface area contributed by atoms with Crippen LogP contribution in [0.2, 0.25) is 0 Å². The average Bonchev–Trinajstić information content (AvgIpc) is 3.17. The van der Waals surface area contributed by atoms with Crippen molar-refractivity contribution in [3.05, 3.63) is 40.3 Å². The predicted octanol–water partition coefficient (Wildman–Crippen LogP) is 2.38. The lowest BCUT2D eigenvalue weighted by molar-refractivity contribution is -0.384. The maximum Gasteiger partial charge on any atom is 0.269 e. The highest BCUT2D eigenvalue weighted by Crippen LogP contribution is 2.24. The zero-order chi connectivity index (χ0) is 17.1. The van der Waals surface area contributed by atoms with E-state index in [1.165, 1.54) is 12.1 Å². The van der Waals surface area contributed by atoms with Crippen molar-refractivity contribution in [2.75, 3.05) is 6.54 Å². The second-order valence-electron chi connectivity index (χ2n) is 6.17. The van der Waals surface area contributed by atoms with Gasteiger partial charge in [-0.25, -0.2) is 0 Å². The van der Waals surface area contributed by atoms with Gasteiger partial charge in [-0.3, -0.25) is 15.0 Å². The number of rotatable bonds is 6. The fourth-order valence-electron chi connectivity index (χ4n) is 3.11. The summed E-state index contributed by atoms with van der Waals surface area (Å²) in [5.41, 5.74) is 0.707. The van der Waals surface area contributed by atoms with E-state index < -0.39 is 4.92 Å². The molecule has 0 bridgehead atoms. The summed E-state index contributed by atoms with van der Waals surface area (Å²) in [6.45, 7) is 3.31. The minimum atomic E-state index is -0.443. The van der Waals surface area contributed by atoms with E-state index >= 15 is 0 Å². The molecule has 2 atom stereocenters. The van der Waals surface area contributed by atoms with Crippen molar-refractivity contribution in [1.82, 2.24) is 15.0 Å². The number of aliphatic hydroxyl groups excluding tert-OH is 1. The topological polar surface area (TPSA) is 106 Å². The van der Waals surface area contributed by atoms with Gasteiger partial charge >= 0.3 is 0 Å². The number of nitro groups is 1. The molecule has 2 unspecified atom stereocenters. The van der Waals surface area contributed by atoms with Crippen LogP contribution in [0, 0.1) is 10.1 Å². The van der Waals surface area contributed by atoms with Crippen LogP contribution in [-0.4, -0.2) is 43.8 Å². The standard InChI is InChI=1S/C16H20N4O4/c1-11(21)9-14-3-2-8-19(14)10-15-17-16(18-24-15)12-4-6-13(7-5-12)20(22)23/h4-7,11,14,21H,2-3,8-10H2,1H3. The van der Waals surface area contributed by atoms with Gasteiger partial charge < -0.3 is 9.63 Å². The summed E-state index contributed by atoms with van der Waals surface area (Å²) in [6.07, 6.45) is 2.58. The van der Waals surface area contributed by atoms with Crippen LogP contribution < -0.4 is 0 Å². The van der Waals surface area contributed by atoms with Crippen LogP contribution in [0.4, 0.5) is 5.69 Å². The molecule has 2 aromatic rings. The predicted molar refractivity (Wildman–Crippen MR) is 86.1 cm³/mol. The Bertz CT molecular complexity index is 698. The van der Waals surface area contributed by atoms with Gasteiger partial charge in [0.2, 0.25) is 11.7 Å². The molecule has 0 saturated carbocycles. The molecule has 8 nitrogen and oxygen atoms in total. The van der Waals surface area contributed by atoms with Crippen LogP contribution in [0.25, 0.3) is 11.4 Å². The van der Waals surface area contributed by atoms with Crippen molar-refractivity contribution in [3.63, 3.8) is 0 Å². The molecule has 3 rings (SSSR count). The zero-order valence-corrected chi connectivity index (χ0v) is 13.5. The fourth-order valence-corrected chi connectivity index (χ4v) is 3.11. The molecule has 24 heavy (non-hydrogen) atoms. The van der Waals surface area contributed by atoms with Crippen LogP contribution in [0.3, 0.4) is 0 Å². The van der Waals surface area contributed by atoms with E-state index in [0.29, 0.717) is 29.9 Å². The monoisotopic (exact) mass is 332 g/mol. The highest BCUT2D eigenvalue weighted by atomic mass is 16.6. The Morgan fingerprint density at radius 2 is 2.21 bits per heavy atom. The Balaban J connectivity index is 1.68. The lowest BCUT2D eigenvalue weighted by Crippen LogP contribution is -2.31. The van der Waals surface area contributed by atoms with Crippen LogP contribution in [0.1, 0.15) is 32.1 Å². The van der Waals surface area contributed by atoms with Gasteiger partial charge in [-0.15, -0.1) is 0 Å². The summed E-state index contributed by atoms with van der Waals surface area (Å²) in [7, 11) is 0. The lowest BCUT2D eigenvalue weighted by atomic mass is 10.1. The molecular formula is C16H20N4O4. The summed E-state index contributed by atoms with van der Waals surface area (Å²) in [4.78, 5) is 16.9. The summed E-state index contributed by atoms with van der Waals surface area (Å²) < 4.78 is 5.31. The normalized spacial score (nSPS) is 19.5. The molecule has 1 fully saturated rings. The van der Waals surface area contributed by atoms with Gasteiger partial charge in [0.25, 0.3) is 5.69 Å². The lowest BCUT2D eigenvalue weighted by Gasteiger charge is -2.23. The van der Waals surface area contributed by atoms with E-state index in [9.17, 15) is 15.2 Å². The van der Waals surface area contributed by atoms with Gasteiger partial charge in [0.05, 0.1) is 17.6 Å². The van der Waals surface area contributed by atoms with E-state index in [2.05, 4.69) is 15.0 Å². The summed E-state index contributed by atoms with van der Waals surface area (Å²) in [5.74, 6) is 0.937. The Labute approximate surface area is 139 Å². The first kappa shape index (κ1) is 16.5. The number of nitro benzene ring substituents is 1. The van der Waals surface area contributed by atoms with Crippen molar-refractivity contribution in [2.24, 2.45) is 0 Å². The summed E-state index contributed by atoms with van der Waals surface area (Å²) in [5, 5.41) is 24.2. The van der Waals surface area contributed by atoms with E-state index in [4.69, 9.17) is 4.52 Å². The summed E-state index contributed by atoms with van der Waals surface area (Å²) in [6, 6.07) is 6.40. The molecule has 1 aliphatic heterocycles. The highest BCUT2D eigenvalue weighted by molar-refractivity contribution is 5.56. The molecule has 0 amide bonds. The fraction of sp³-hybridized carbons (Fsp3) is 0.500. The molecule has 1 aromatic heterocycles. The largest absolute Gasteiger partial charge is 0.393 e. The Morgan fingerprint density at radius 1 is 1.46 bits per heavy atom. The van der Waals surface area contributed by atoms with Crippen LogP contribution in [0.15, 0.2) is 28.8 Å². The first-order chi connectivity index (χ1) is 11.5. The molecule has 8 heteroatoms. The summed E-state index contributed by atoms with van der Waals surface area (Å²) >= 11 is 0. The Hall–Kier alpha value is -2.32. The molecule has 128 valence electrons. The molecule has 0 spiro atoms. The van der Waals surface area contributed by atoms with Crippen molar-refractivity contribution in [2.45, 2.75) is 44.9 Å². The minimum absolute atomic E-state index is 0.0282. The first-order valence-electron chi connectivity index (χ1n) is 8.02. The first-order valence-corrected chi connectivity index (χ1v) is 8.02. The molecule has 0 aliphatic carbocycles. The van der Waals surface area contributed by atoms with Crippen LogP contribution in [0.5, 0.6) is 0 Å². The number of hydrogen-bond donors (Lipinski definition) is 1. The van der Waals surface area contributed by atoms with Gasteiger partial charge in [0, 0.05) is 23.7 Å². The quantitative estimate of drug-likeness (QED) is 0.639. The molecule has 2 heterocycles. The van der Waals surface area contributed by atoms with Crippen molar-refractivity contribution in [3.8, 4) is 11.4 Å². The number of aliphatic hydroxyl groups is 1. The maximum atomic E-state index is 10.7. The Kier molecular flexibility index (Phi) is 4.86. The smallest absolute Gasteiger partial charge is 0.269 e.